The van der Waals surface area contributed by atoms with E-state index in [2.05, 4.69) is 27.4 Å². The topological polar surface area (TPSA) is 108 Å². The first-order chi connectivity index (χ1) is 16.1. The predicted octanol–water partition coefficient (Wildman–Crippen LogP) is 5.63. The highest BCUT2D eigenvalue weighted by atomic mass is 32.1. The first-order valence-electron chi connectivity index (χ1n) is 11.8. The average molecular weight is 479 g/mol. The van der Waals surface area contributed by atoms with Crippen LogP contribution in [0.15, 0.2) is 36.7 Å². The second-order valence-corrected chi connectivity index (χ2v) is 11.5. The van der Waals surface area contributed by atoms with Crippen LogP contribution in [-0.2, 0) is 10.4 Å². The normalized spacial score (nSPS) is 24.1. The molecule has 7 nitrogen and oxygen atoms in total. The van der Waals surface area contributed by atoms with E-state index in [-0.39, 0.29) is 0 Å². The molecular formula is C26H30N4O3S. The first-order valence-corrected chi connectivity index (χ1v) is 12.6. The lowest BCUT2D eigenvalue weighted by molar-refractivity contribution is -0.154. The van der Waals surface area contributed by atoms with Crippen LogP contribution in [0.3, 0.4) is 0 Å². The number of aliphatic carboxylic acids is 1. The third-order valence-electron chi connectivity index (χ3n) is 7.05. The van der Waals surface area contributed by atoms with Crippen molar-refractivity contribution < 1.29 is 15.0 Å². The molecule has 34 heavy (non-hydrogen) atoms. The van der Waals surface area contributed by atoms with Gasteiger partial charge in [-0.1, -0.05) is 13.8 Å². The van der Waals surface area contributed by atoms with Gasteiger partial charge in [0.25, 0.3) is 0 Å². The zero-order chi connectivity index (χ0) is 24.1. The van der Waals surface area contributed by atoms with Crippen LogP contribution in [0.4, 0.5) is 11.6 Å². The second kappa shape index (κ2) is 8.43. The van der Waals surface area contributed by atoms with E-state index in [0.717, 1.165) is 22.0 Å². The van der Waals surface area contributed by atoms with E-state index in [1.807, 2.05) is 39.1 Å². The maximum absolute atomic E-state index is 11.6. The Hall–Kier alpha value is -2.84. The third-order valence-corrected chi connectivity index (χ3v) is 8.26. The van der Waals surface area contributed by atoms with Gasteiger partial charge in [-0.3, -0.25) is 4.79 Å². The molecule has 178 valence electrons. The van der Waals surface area contributed by atoms with Gasteiger partial charge in [0.15, 0.2) is 0 Å². The van der Waals surface area contributed by atoms with E-state index in [9.17, 15) is 15.0 Å². The van der Waals surface area contributed by atoms with Crippen molar-refractivity contribution in [2.45, 2.75) is 64.4 Å². The molecule has 0 spiro atoms. The molecule has 0 bridgehead atoms. The van der Waals surface area contributed by atoms with Crippen LogP contribution < -0.4 is 5.32 Å². The van der Waals surface area contributed by atoms with Gasteiger partial charge in [-0.15, -0.1) is 11.3 Å². The molecule has 3 aromatic rings. The lowest BCUT2D eigenvalue weighted by Crippen LogP contribution is -2.44. The van der Waals surface area contributed by atoms with Gasteiger partial charge in [-0.25, -0.2) is 15.0 Å². The van der Waals surface area contributed by atoms with Crippen LogP contribution in [0.5, 0.6) is 0 Å². The molecule has 0 saturated heterocycles. The number of aryl methyl sites for hydroxylation is 1. The summed E-state index contributed by atoms with van der Waals surface area (Å²) in [4.78, 5) is 26.3. The summed E-state index contributed by atoms with van der Waals surface area (Å²) in [6.45, 7) is 5.85. The molecule has 3 aromatic heterocycles. The molecule has 3 N–H and O–H groups in total. The molecule has 0 aromatic carbocycles. The fourth-order valence-electron chi connectivity index (χ4n) is 5.16. The van der Waals surface area contributed by atoms with Crippen molar-refractivity contribution in [2.75, 3.05) is 5.32 Å². The Labute approximate surface area is 203 Å². The summed E-state index contributed by atoms with van der Waals surface area (Å²) in [5.41, 5.74) is 1.50. The molecule has 3 heterocycles. The molecular weight excluding hydrogens is 448 g/mol. The van der Waals surface area contributed by atoms with Crippen LogP contribution >= 0.6 is 11.3 Å². The Morgan fingerprint density at radius 1 is 1.15 bits per heavy atom. The van der Waals surface area contributed by atoms with Crippen molar-refractivity contribution in [1.82, 2.24) is 15.0 Å². The lowest BCUT2D eigenvalue weighted by atomic mass is 9.63. The Balaban J connectivity index is 1.38. The number of rotatable bonds is 6. The number of hydrogen-bond acceptors (Lipinski definition) is 7. The molecule has 2 aliphatic carbocycles. The molecule has 2 aliphatic rings. The fraction of sp³-hybridized carbons (Fsp3) is 0.462. The van der Waals surface area contributed by atoms with Gasteiger partial charge in [0, 0.05) is 12.4 Å². The number of pyridine rings is 2. The minimum Gasteiger partial charge on any atom is -0.481 e. The zero-order valence-corrected chi connectivity index (χ0v) is 20.5. The molecule has 2 atom stereocenters. The molecule has 5 rings (SSSR count). The van der Waals surface area contributed by atoms with Crippen LogP contribution in [0.1, 0.15) is 68.0 Å². The van der Waals surface area contributed by atoms with E-state index in [0.29, 0.717) is 36.0 Å². The van der Waals surface area contributed by atoms with E-state index in [4.69, 9.17) is 4.98 Å². The number of hydrogen-bond donors (Lipinski definition) is 3. The van der Waals surface area contributed by atoms with Gasteiger partial charge >= 0.3 is 5.97 Å². The SMILES string of the molecule is Cc1cc(Nc2cc(C3CC3)ccn2)nc(-c2cnc(C3(O)CC[C@H](C(=O)O)C(C)(C)C3)s2)c1. The van der Waals surface area contributed by atoms with Gasteiger partial charge in [-0.2, -0.15) is 0 Å². The van der Waals surface area contributed by atoms with Crippen LogP contribution in [-0.4, -0.2) is 31.1 Å². The number of carboxylic acid groups (broad SMARTS) is 1. The Bertz CT molecular complexity index is 1240. The summed E-state index contributed by atoms with van der Waals surface area (Å²) in [7, 11) is 0. The predicted molar refractivity (Wildman–Crippen MR) is 132 cm³/mol. The van der Waals surface area contributed by atoms with Gasteiger partial charge in [0.2, 0.25) is 0 Å². The van der Waals surface area contributed by atoms with Crippen LogP contribution in [0.2, 0.25) is 0 Å². The number of carboxylic acids is 1. The van der Waals surface area contributed by atoms with Crippen molar-refractivity contribution in [1.29, 1.82) is 0 Å². The summed E-state index contributed by atoms with van der Waals surface area (Å²) in [5.74, 6) is 0.887. The molecule has 0 aliphatic heterocycles. The van der Waals surface area contributed by atoms with Gasteiger partial charge < -0.3 is 15.5 Å². The van der Waals surface area contributed by atoms with Crippen molar-refractivity contribution >= 4 is 28.9 Å². The van der Waals surface area contributed by atoms with E-state index in [1.54, 1.807) is 6.20 Å². The number of aromatic nitrogens is 3. The summed E-state index contributed by atoms with van der Waals surface area (Å²) in [6.07, 6.45) is 7.25. The highest BCUT2D eigenvalue weighted by molar-refractivity contribution is 7.15. The smallest absolute Gasteiger partial charge is 0.307 e. The Kier molecular flexibility index (Phi) is 5.68. The molecule has 8 heteroatoms. The summed E-state index contributed by atoms with van der Waals surface area (Å²) in [6, 6.07) is 8.16. The third kappa shape index (κ3) is 4.57. The maximum Gasteiger partial charge on any atom is 0.307 e. The molecule has 2 saturated carbocycles. The molecule has 0 amide bonds. The lowest BCUT2D eigenvalue weighted by Gasteiger charge is -2.44. The van der Waals surface area contributed by atoms with Crippen molar-refractivity contribution in [3.8, 4) is 10.6 Å². The largest absolute Gasteiger partial charge is 0.481 e. The number of thiazole rings is 1. The monoisotopic (exact) mass is 478 g/mol. The number of nitrogens with one attached hydrogen (secondary N) is 1. The summed E-state index contributed by atoms with van der Waals surface area (Å²) in [5, 5.41) is 24.9. The standard InChI is InChI=1S/C26H30N4O3S/c1-15-10-19(29-22(11-15)30-21-12-17(7-9-27-21)16-4-5-16)20-13-28-24(34-20)26(33)8-6-18(23(31)32)25(2,3)14-26/h7,9-13,16,18,33H,4-6,8,14H2,1-3H3,(H,31,32)(H,27,29,30)/t18-,26?/m1/s1. The van der Waals surface area contributed by atoms with Crippen molar-refractivity contribution in [3.63, 3.8) is 0 Å². The number of nitrogens with zero attached hydrogens (tertiary/aromatic N) is 3. The summed E-state index contributed by atoms with van der Waals surface area (Å²) >= 11 is 1.43. The summed E-state index contributed by atoms with van der Waals surface area (Å²) < 4.78 is 0. The quantitative estimate of drug-likeness (QED) is 0.421. The number of aliphatic hydroxyl groups is 1. The highest BCUT2D eigenvalue weighted by Gasteiger charge is 2.49. The molecule has 1 unspecified atom stereocenters. The molecule has 2 fully saturated rings. The second-order valence-electron chi connectivity index (χ2n) is 10.4. The van der Waals surface area contributed by atoms with Crippen molar-refractivity contribution in [3.05, 3.63) is 52.8 Å². The Morgan fingerprint density at radius 3 is 2.65 bits per heavy atom. The zero-order valence-electron chi connectivity index (χ0n) is 19.7. The number of anilines is 2. The number of carbonyl (C=O) groups is 1. The van der Waals surface area contributed by atoms with E-state index in [1.165, 1.54) is 29.7 Å². The van der Waals surface area contributed by atoms with Gasteiger partial charge in [0.05, 0.1) is 16.5 Å². The van der Waals surface area contributed by atoms with Gasteiger partial charge in [0.1, 0.15) is 22.2 Å². The minimum atomic E-state index is -1.13. The highest BCUT2D eigenvalue weighted by Crippen LogP contribution is 2.50. The van der Waals surface area contributed by atoms with E-state index < -0.39 is 22.9 Å². The van der Waals surface area contributed by atoms with Crippen LogP contribution in [0.25, 0.3) is 10.6 Å². The van der Waals surface area contributed by atoms with Crippen molar-refractivity contribution in [2.24, 2.45) is 11.3 Å². The van der Waals surface area contributed by atoms with Gasteiger partial charge in [-0.05, 0) is 85.8 Å². The first kappa shape index (κ1) is 22.9. The van der Waals surface area contributed by atoms with Crippen LogP contribution in [0, 0.1) is 18.3 Å². The fourth-order valence-corrected chi connectivity index (χ4v) is 6.15. The average Bonchev–Trinajstić information content (AvgIpc) is 3.48. The maximum atomic E-state index is 11.6. The van der Waals surface area contributed by atoms with E-state index >= 15 is 0 Å². The molecule has 0 radical (unpaired) electrons. The minimum absolute atomic E-state index is 0.362. The Morgan fingerprint density at radius 2 is 1.94 bits per heavy atom.